The maximum Gasteiger partial charge on any atom is 0.317 e. The van der Waals surface area contributed by atoms with Crippen molar-refractivity contribution in [2.45, 2.75) is 59.4 Å². The average Bonchev–Trinajstić information content (AvgIpc) is 2.14. The van der Waals surface area contributed by atoms with Crippen molar-refractivity contribution in [1.82, 2.24) is 4.90 Å². The minimum atomic E-state index is -0.699. The van der Waals surface area contributed by atoms with Crippen LogP contribution in [-0.2, 0) is 4.79 Å². The maximum atomic E-state index is 10.9. The van der Waals surface area contributed by atoms with Gasteiger partial charge in [0.25, 0.3) is 0 Å². The van der Waals surface area contributed by atoms with Crippen molar-refractivity contribution in [2.24, 2.45) is 11.3 Å². The second-order valence-corrected chi connectivity index (χ2v) is 6.32. The molecular weight excluding hydrogens is 214 g/mol. The first-order valence-corrected chi connectivity index (χ1v) is 6.81. The molecule has 0 aromatic rings. The fraction of sp³-hybridized carbons (Fsp3) is 0.929. The summed E-state index contributed by atoms with van der Waals surface area (Å²) in [5, 5.41) is 8.99. The highest BCUT2D eigenvalue weighted by Gasteiger charge is 2.35. The van der Waals surface area contributed by atoms with Gasteiger partial charge in [-0.1, -0.05) is 27.7 Å². The summed E-state index contributed by atoms with van der Waals surface area (Å²) < 4.78 is 0. The summed E-state index contributed by atoms with van der Waals surface area (Å²) in [6, 6.07) is 0.457. The Labute approximate surface area is 105 Å². The monoisotopic (exact) mass is 241 g/mol. The Bertz CT molecular complexity index is 263. The molecule has 0 radical (unpaired) electrons. The minimum absolute atomic E-state index is 0.198. The predicted octanol–water partition coefficient (Wildman–Crippen LogP) is 3.00. The highest BCUT2D eigenvalue weighted by Crippen LogP contribution is 2.40. The van der Waals surface area contributed by atoms with E-state index in [-0.39, 0.29) is 6.54 Å². The standard InChI is InChI=1S/C14H27NO2/c1-5-8-15(10-13(16)17)12-6-7-14(3,4)9-11(12)2/h11-12H,5-10H2,1-4H3,(H,16,17). The van der Waals surface area contributed by atoms with E-state index in [0.29, 0.717) is 17.4 Å². The van der Waals surface area contributed by atoms with Crippen LogP contribution in [0.5, 0.6) is 0 Å². The summed E-state index contributed by atoms with van der Waals surface area (Å²) in [5.41, 5.74) is 0.428. The molecule has 2 unspecified atom stereocenters. The molecule has 1 rings (SSSR count). The molecule has 0 spiro atoms. The fourth-order valence-electron chi connectivity index (χ4n) is 3.30. The lowest BCUT2D eigenvalue weighted by atomic mass is 9.70. The number of hydrogen-bond donors (Lipinski definition) is 1. The molecule has 0 aliphatic heterocycles. The van der Waals surface area contributed by atoms with Gasteiger partial charge in [0.15, 0.2) is 0 Å². The summed E-state index contributed by atoms with van der Waals surface area (Å²) in [4.78, 5) is 13.1. The number of carbonyl (C=O) groups is 1. The third-order valence-corrected chi connectivity index (χ3v) is 3.97. The third kappa shape index (κ3) is 4.30. The fourth-order valence-corrected chi connectivity index (χ4v) is 3.30. The van der Waals surface area contributed by atoms with E-state index in [1.54, 1.807) is 0 Å². The topological polar surface area (TPSA) is 40.5 Å². The van der Waals surface area contributed by atoms with Crippen LogP contribution in [0.4, 0.5) is 0 Å². The summed E-state index contributed by atoms with van der Waals surface area (Å²) >= 11 is 0. The lowest BCUT2D eigenvalue weighted by Crippen LogP contribution is -2.47. The van der Waals surface area contributed by atoms with Crippen molar-refractivity contribution in [3.63, 3.8) is 0 Å². The van der Waals surface area contributed by atoms with Crippen LogP contribution >= 0.6 is 0 Å². The van der Waals surface area contributed by atoms with Gasteiger partial charge in [-0.25, -0.2) is 0 Å². The van der Waals surface area contributed by atoms with Gasteiger partial charge in [-0.15, -0.1) is 0 Å². The Kier molecular flexibility index (Phi) is 4.99. The number of rotatable bonds is 5. The molecule has 0 amide bonds. The molecule has 1 aliphatic rings. The Balaban J connectivity index is 2.64. The molecule has 0 heterocycles. The maximum absolute atomic E-state index is 10.9. The molecule has 2 atom stereocenters. The van der Waals surface area contributed by atoms with Gasteiger partial charge in [-0.2, -0.15) is 0 Å². The first-order chi connectivity index (χ1) is 7.85. The van der Waals surface area contributed by atoms with Gasteiger partial charge in [0.05, 0.1) is 6.54 Å². The zero-order valence-electron chi connectivity index (χ0n) is 11.7. The minimum Gasteiger partial charge on any atom is -0.480 e. The molecule has 3 heteroatoms. The van der Waals surface area contributed by atoms with Crippen LogP contribution in [0.3, 0.4) is 0 Å². The van der Waals surface area contributed by atoms with Crippen molar-refractivity contribution in [3.8, 4) is 0 Å². The van der Waals surface area contributed by atoms with Gasteiger partial charge in [0.1, 0.15) is 0 Å². The van der Waals surface area contributed by atoms with Crippen LogP contribution < -0.4 is 0 Å². The number of carboxylic acids is 1. The highest BCUT2D eigenvalue weighted by atomic mass is 16.4. The van der Waals surface area contributed by atoms with Crippen LogP contribution in [0.15, 0.2) is 0 Å². The van der Waals surface area contributed by atoms with Crippen LogP contribution in [0.2, 0.25) is 0 Å². The molecule has 1 fully saturated rings. The van der Waals surface area contributed by atoms with E-state index in [1.165, 1.54) is 12.8 Å². The van der Waals surface area contributed by atoms with E-state index in [2.05, 4.69) is 32.6 Å². The van der Waals surface area contributed by atoms with Crippen molar-refractivity contribution in [1.29, 1.82) is 0 Å². The Hall–Kier alpha value is -0.570. The summed E-state index contributed by atoms with van der Waals surface area (Å²) in [7, 11) is 0. The van der Waals surface area contributed by atoms with Crippen LogP contribution in [0.1, 0.15) is 53.4 Å². The molecule has 1 aliphatic carbocycles. The highest BCUT2D eigenvalue weighted by molar-refractivity contribution is 5.69. The van der Waals surface area contributed by atoms with E-state index in [9.17, 15) is 4.79 Å². The quantitative estimate of drug-likeness (QED) is 0.804. The molecule has 17 heavy (non-hydrogen) atoms. The molecule has 0 bridgehead atoms. The lowest BCUT2D eigenvalue weighted by molar-refractivity contribution is -0.139. The Morgan fingerprint density at radius 2 is 2.12 bits per heavy atom. The van der Waals surface area contributed by atoms with Crippen LogP contribution in [-0.4, -0.2) is 35.1 Å². The number of carboxylic acid groups (broad SMARTS) is 1. The van der Waals surface area contributed by atoms with Crippen molar-refractivity contribution < 1.29 is 9.90 Å². The van der Waals surface area contributed by atoms with Gasteiger partial charge in [-0.3, -0.25) is 9.69 Å². The second-order valence-electron chi connectivity index (χ2n) is 6.32. The normalized spacial score (nSPS) is 28.3. The Morgan fingerprint density at radius 3 is 2.59 bits per heavy atom. The van der Waals surface area contributed by atoms with E-state index >= 15 is 0 Å². The molecule has 3 nitrogen and oxygen atoms in total. The first-order valence-electron chi connectivity index (χ1n) is 6.81. The number of hydrogen-bond acceptors (Lipinski definition) is 2. The number of nitrogens with zero attached hydrogens (tertiary/aromatic N) is 1. The van der Waals surface area contributed by atoms with Crippen LogP contribution in [0.25, 0.3) is 0 Å². The van der Waals surface area contributed by atoms with Crippen molar-refractivity contribution >= 4 is 5.97 Å². The van der Waals surface area contributed by atoms with Crippen LogP contribution in [0, 0.1) is 11.3 Å². The number of aliphatic carboxylic acids is 1. The molecule has 0 saturated heterocycles. The van der Waals surface area contributed by atoms with E-state index in [1.807, 2.05) is 0 Å². The molecule has 1 N–H and O–H groups in total. The van der Waals surface area contributed by atoms with E-state index < -0.39 is 5.97 Å². The Morgan fingerprint density at radius 1 is 1.47 bits per heavy atom. The van der Waals surface area contributed by atoms with Gasteiger partial charge in [0, 0.05) is 6.04 Å². The molecule has 1 saturated carbocycles. The first kappa shape index (κ1) is 14.5. The predicted molar refractivity (Wildman–Crippen MR) is 70.1 cm³/mol. The second kappa shape index (κ2) is 5.85. The largest absolute Gasteiger partial charge is 0.480 e. The summed E-state index contributed by atoms with van der Waals surface area (Å²) in [6.45, 7) is 10.1. The smallest absolute Gasteiger partial charge is 0.317 e. The van der Waals surface area contributed by atoms with Gasteiger partial charge in [0.2, 0.25) is 0 Å². The lowest BCUT2D eigenvalue weighted by Gasteiger charge is -2.44. The summed E-state index contributed by atoms with van der Waals surface area (Å²) in [6.07, 6.45) is 4.58. The van der Waals surface area contributed by atoms with Gasteiger partial charge in [-0.05, 0) is 43.6 Å². The zero-order chi connectivity index (χ0) is 13.1. The average molecular weight is 241 g/mol. The third-order valence-electron chi connectivity index (χ3n) is 3.97. The van der Waals surface area contributed by atoms with E-state index in [4.69, 9.17) is 5.11 Å². The van der Waals surface area contributed by atoms with Gasteiger partial charge >= 0.3 is 5.97 Å². The van der Waals surface area contributed by atoms with Crippen molar-refractivity contribution in [2.75, 3.05) is 13.1 Å². The van der Waals surface area contributed by atoms with E-state index in [0.717, 1.165) is 19.4 Å². The summed E-state index contributed by atoms with van der Waals surface area (Å²) in [5.74, 6) is -0.0971. The molecule has 0 aromatic heterocycles. The molecule has 100 valence electrons. The van der Waals surface area contributed by atoms with Gasteiger partial charge < -0.3 is 5.11 Å². The molecule has 0 aromatic carbocycles. The zero-order valence-corrected chi connectivity index (χ0v) is 11.7. The SMILES string of the molecule is CCCN(CC(=O)O)C1CCC(C)(C)CC1C. The van der Waals surface area contributed by atoms with Crippen molar-refractivity contribution in [3.05, 3.63) is 0 Å². The molecular formula is C14H27NO2.